The normalized spacial score (nSPS) is 15.9. The number of alkyl halides is 3. The van der Waals surface area contributed by atoms with Crippen molar-refractivity contribution < 1.29 is 13.2 Å². The van der Waals surface area contributed by atoms with Crippen molar-refractivity contribution in [1.29, 1.82) is 0 Å². The predicted molar refractivity (Wildman–Crippen MR) is 41.1 cm³/mol. The van der Waals surface area contributed by atoms with Gasteiger partial charge in [-0.2, -0.15) is 13.2 Å². The van der Waals surface area contributed by atoms with Crippen molar-refractivity contribution in [2.45, 2.75) is 11.3 Å². The Kier molecular flexibility index (Phi) is 1.83. The summed E-state index contributed by atoms with van der Waals surface area (Å²) in [5.41, 5.74) is 0. The van der Waals surface area contributed by atoms with Crippen molar-refractivity contribution in [2.75, 3.05) is 5.75 Å². The van der Waals surface area contributed by atoms with Gasteiger partial charge in [-0.1, -0.05) is 17.8 Å². The summed E-state index contributed by atoms with van der Waals surface area (Å²) in [6.45, 7) is 0. The Bertz CT molecular complexity index is 354. The highest BCUT2D eigenvalue weighted by Crippen LogP contribution is 2.32. The molecule has 7 heteroatoms. The fourth-order valence-corrected chi connectivity index (χ4v) is 1.69. The first-order valence-corrected chi connectivity index (χ1v) is 4.39. The Hall–Kier alpha value is -0.980. The van der Waals surface area contributed by atoms with Gasteiger partial charge in [0.15, 0.2) is 5.16 Å². The molecule has 0 bridgehead atoms. The lowest BCUT2D eigenvalue weighted by molar-refractivity contribution is -0.146. The van der Waals surface area contributed by atoms with E-state index in [0.717, 1.165) is 4.57 Å². The molecule has 1 aliphatic rings. The van der Waals surface area contributed by atoms with Crippen molar-refractivity contribution in [1.82, 2.24) is 14.8 Å². The number of hydrogen-bond donors (Lipinski definition) is 0. The van der Waals surface area contributed by atoms with Gasteiger partial charge in [0.1, 0.15) is 0 Å². The van der Waals surface area contributed by atoms with Crippen molar-refractivity contribution in [3.8, 4) is 0 Å². The van der Waals surface area contributed by atoms with Crippen LogP contribution in [-0.2, 0) is 6.18 Å². The van der Waals surface area contributed by atoms with Crippen LogP contribution in [0.3, 0.4) is 0 Å². The van der Waals surface area contributed by atoms with Crippen LogP contribution in [0.25, 0.3) is 6.20 Å². The molecule has 13 heavy (non-hydrogen) atoms. The lowest BCUT2D eigenvalue weighted by Crippen LogP contribution is -2.13. The van der Waals surface area contributed by atoms with Crippen molar-refractivity contribution >= 4 is 18.0 Å². The van der Waals surface area contributed by atoms with E-state index in [-0.39, 0.29) is 5.16 Å². The molecule has 3 nitrogen and oxygen atoms in total. The predicted octanol–water partition coefficient (Wildman–Crippen LogP) is 1.87. The van der Waals surface area contributed by atoms with Gasteiger partial charge in [-0.05, 0) is 0 Å². The van der Waals surface area contributed by atoms with Crippen LogP contribution in [0.2, 0.25) is 0 Å². The standard InChI is InChI=1S/C6H4F3N3S/c7-6(8,9)4-10-11-5-12(4)2-1-3-13-5/h1-2H,3H2. The Morgan fingerprint density at radius 1 is 1.38 bits per heavy atom. The van der Waals surface area contributed by atoms with E-state index in [1.165, 1.54) is 18.0 Å². The lowest BCUT2D eigenvalue weighted by atomic mass is 10.5. The van der Waals surface area contributed by atoms with Gasteiger partial charge in [0.25, 0.3) is 0 Å². The molecule has 0 N–H and O–H groups in total. The van der Waals surface area contributed by atoms with E-state index in [0.29, 0.717) is 5.75 Å². The molecular weight excluding hydrogens is 203 g/mol. The molecule has 1 aliphatic heterocycles. The molecule has 1 aromatic heterocycles. The van der Waals surface area contributed by atoms with Crippen LogP contribution in [0.4, 0.5) is 13.2 Å². The van der Waals surface area contributed by atoms with Crippen LogP contribution in [0.5, 0.6) is 0 Å². The number of rotatable bonds is 0. The van der Waals surface area contributed by atoms with Gasteiger partial charge in [0, 0.05) is 12.0 Å². The van der Waals surface area contributed by atoms with Gasteiger partial charge < -0.3 is 0 Å². The van der Waals surface area contributed by atoms with Gasteiger partial charge in [0.05, 0.1) is 0 Å². The molecule has 0 atom stereocenters. The van der Waals surface area contributed by atoms with Gasteiger partial charge in [-0.25, -0.2) is 0 Å². The molecule has 1 aromatic rings. The first kappa shape index (κ1) is 8.61. The summed E-state index contributed by atoms with van der Waals surface area (Å²) < 4.78 is 37.7. The van der Waals surface area contributed by atoms with Crippen LogP contribution in [-0.4, -0.2) is 20.5 Å². The lowest BCUT2D eigenvalue weighted by Gasteiger charge is -2.09. The Morgan fingerprint density at radius 3 is 2.85 bits per heavy atom. The summed E-state index contributed by atoms with van der Waals surface area (Å²) in [5.74, 6) is -0.332. The maximum atomic E-state index is 12.2. The molecule has 0 radical (unpaired) electrons. The summed E-state index contributed by atoms with van der Waals surface area (Å²) in [4.78, 5) is 0. The number of aromatic nitrogens is 3. The molecule has 0 aromatic carbocycles. The van der Waals surface area contributed by atoms with Crippen molar-refractivity contribution in [2.24, 2.45) is 0 Å². The van der Waals surface area contributed by atoms with E-state index in [9.17, 15) is 13.2 Å². The first-order chi connectivity index (χ1) is 6.09. The zero-order valence-corrected chi connectivity index (χ0v) is 7.06. The van der Waals surface area contributed by atoms with Crippen LogP contribution < -0.4 is 0 Å². The zero-order chi connectivity index (χ0) is 9.47. The summed E-state index contributed by atoms with van der Waals surface area (Å²) in [6, 6.07) is 0. The minimum Gasteiger partial charge on any atom is -0.274 e. The summed E-state index contributed by atoms with van der Waals surface area (Å²) >= 11 is 1.23. The third-order valence-electron chi connectivity index (χ3n) is 1.48. The van der Waals surface area contributed by atoms with E-state index in [1.807, 2.05) is 0 Å². The molecule has 0 saturated heterocycles. The second kappa shape index (κ2) is 2.76. The molecule has 0 unspecified atom stereocenters. The number of halogens is 3. The van der Waals surface area contributed by atoms with Crippen LogP contribution in [0.15, 0.2) is 11.2 Å². The number of thioether (sulfide) groups is 1. The zero-order valence-electron chi connectivity index (χ0n) is 6.25. The second-order valence-corrected chi connectivity index (χ2v) is 3.36. The Labute approximate surface area is 75.6 Å². The molecule has 2 heterocycles. The minimum atomic E-state index is -4.44. The van der Waals surface area contributed by atoms with E-state index >= 15 is 0 Å². The summed E-state index contributed by atoms with van der Waals surface area (Å²) in [5, 5.41) is 6.80. The number of fused-ring (bicyclic) bond motifs is 1. The highest BCUT2D eigenvalue weighted by Gasteiger charge is 2.38. The van der Waals surface area contributed by atoms with Gasteiger partial charge in [0.2, 0.25) is 5.82 Å². The first-order valence-electron chi connectivity index (χ1n) is 3.40. The fourth-order valence-electron chi connectivity index (χ4n) is 0.974. The quantitative estimate of drug-likeness (QED) is 0.650. The number of nitrogens with zero attached hydrogens (tertiary/aromatic N) is 3. The van der Waals surface area contributed by atoms with E-state index < -0.39 is 12.0 Å². The Morgan fingerprint density at radius 2 is 2.15 bits per heavy atom. The molecule has 0 saturated carbocycles. The second-order valence-electron chi connectivity index (χ2n) is 2.37. The van der Waals surface area contributed by atoms with Gasteiger partial charge in [-0.15, -0.1) is 10.2 Å². The van der Waals surface area contributed by atoms with Crippen molar-refractivity contribution in [3.05, 3.63) is 11.9 Å². The summed E-state index contributed by atoms with van der Waals surface area (Å²) in [7, 11) is 0. The highest BCUT2D eigenvalue weighted by atomic mass is 32.2. The molecule has 0 aliphatic carbocycles. The van der Waals surface area contributed by atoms with Gasteiger partial charge >= 0.3 is 6.18 Å². The summed E-state index contributed by atoms with van der Waals surface area (Å²) in [6.07, 6.45) is -1.46. The molecule has 70 valence electrons. The van der Waals surface area contributed by atoms with E-state index in [4.69, 9.17) is 0 Å². The minimum absolute atomic E-state index is 0.287. The molecule has 0 amide bonds. The molecule has 0 fully saturated rings. The van der Waals surface area contributed by atoms with E-state index in [2.05, 4.69) is 10.2 Å². The van der Waals surface area contributed by atoms with Gasteiger partial charge in [-0.3, -0.25) is 4.57 Å². The molecular formula is C6H4F3N3S. The maximum Gasteiger partial charge on any atom is 0.452 e. The van der Waals surface area contributed by atoms with Crippen LogP contribution >= 0.6 is 11.8 Å². The largest absolute Gasteiger partial charge is 0.452 e. The maximum absolute atomic E-state index is 12.2. The highest BCUT2D eigenvalue weighted by molar-refractivity contribution is 7.99. The van der Waals surface area contributed by atoms with E-state index in [1.54, 1.807) is 6.08 Å². The molecule has 0 spiro atoms. The third-order valence-corrected chi connectivity index (χ3v) is 2.38. The topological polar surface area (TPSA) is 30.7 Å². The molecule has 2 rings (SSSR count). The monoisotopic (exact) mass is 207 g/mol. The van der Waals surface area contributed by atoms with Crippen LogP contribution in [0, 0.1) is 0 Å². The third kappa shape index (κ3) is 1.43. The average molecular weight is 207 g/mol. The van der Waals surface area contributed by atoms with Crippen LogP contribution in [0.1, 0.15) is 5.82 Å². The van der Waals surface area contributed by atoms with Crippen molar-refractivity contribution in [3.63, 3.8) is 0 Å². The smallest absolute Gasteiger partial charge is 0.274 e. The average Bonchev–Trinajstić information content (AvgIpc) is 2.45. The Balaban J connectivity index is 2.51. The fraction of sp³-hybridized carbons (Fsp3) is 0.333. The number of hydrogen-bond acceptors (Lipinski definition) is 3. The SMILES string of the molecule is FC(F)(F)c1nnc2n1C=CCS2.